The maximum absolute atomic E-state index is 11.6. The Kier molecular flexibility index (Phi) is 2.72. The van der Waals surface area contributed by atoms with Gasteiger partial charge in [-0.15, -0.1) is 0 Å². The fourth-order valence-electron chi connectivity index (χ4n) is 1.28. The first-order valence-electron chi connectivity index (χ1n) is 4.61. The van der Waals surface area contributed by atoms with Crippen LogP contribution >= 0.6 is 0 Å². The van der Waals surface area contributed by atoms with Crippen LogP contribution in [0.2, 0.25) is 0 Å². The highest BCUT2D eigenvalue weighted by Gasteiger charge is 2.40. The molecule has 1 rings (SSSR count). The van der Waals surface area contributed by atoms with Crippen LogP contribution in [0.3, 0.4) is 0 Å². The summed E-state index contributed by atoms with van der Waals surface area (Å²) in [5, 5.41) is 10.7. The van der Waals surface area contributed by atoms with Crippen molar-refractivity contribution >= 4 is 11.9 Å². The van der Waals surface area contributed by atoms with Crippen molar-refractivity contribution < 1.29 is 14.5 Å². The molecule has 1 saturated heterocycles. The summed E-state index contributed by atoms with van der Waals surface area (Å²) < 4.78 is 0. The number of carbonyl (C=O) groups excluding carboxylic acids is 2. The van der Waals surface area contributed by atoms with Crippen molar-refractivity contribution in [3.63, 3.8) is 0 Å². The largest absolute Gasteiger partial charge is 0.331 e. The molecule has 0 saturated carbocycles. The molecule has 7 nitrogen and oxygen atoms in total. The Morgan fingerprint density at radius 2 is 1.75 bits per heavy atom. The van der Waals surface area contributed by atoms with Gasteiger partial charge in [0.1, 0.15) is 5.70 Å². The second-order valence-electron chi connectivity index (χ2n) is 4.15. The van der Waals surface area contributed by atoms with Gasteiger partial charge in [-0.1, -0.05) is 0 Å². The Morgan fingerprint density at radius 1 is 1.25 bits per heavy atom. The number of hydrogen-bond donors (Lipinski definition) is 0. The molecule has 0 N–H and O–H groups in total. The molecule has 0 spiro atoms. The van der Waals surface area contributed by atoms with Crippen molar-refractivity contribution in [3.8, 4) is 0 Å². The van der Waals surface area contributed by atoms with E-state index in [0.29, 0.717) is 0 Å². The van der Waals surface area contributed by atoms with Crippen LogP contribution in [0.15, 0.2) is 11.8 Å². The molecule has 0 atom stereocenters. The summed E-state index contributed by atoms with van der Waals surface area (Å²) in [6.07, 6.45) is 1.19. The number of likely N-dealkylation sites (N-methyl/N-ethyl adjacent to an activating group) is 2. The molecule has 0 aromatic heterocycles. The Balaban J connectivity index is 3.15. The third-order valence-electron chi connectivity index (χ3n) is 2.42. The molecule has 1 aliphatic rings. The summed E-state index contributed by atoms with van der Waals surface area (Å²) in [5.41, 5.74) is -1.35. The van der Waals surface area contributed by atoms with E-state index in [1.54, 1.807) is 0 Å². The first-order chi connectivity index (χ1) is 7.18. The number of hydrogen-bond acceptors (Lipinski definition) is 4. The molecule has 0 aromatic rings. The van der Waals surface area contributed by atoms with Crippen molar-refractivity contribution in [2.75, 3.05) is 14.1 Å². The number of nitrogens with zero attached hydrogens (tertiary/aromatic N) is 3. The molecule has 0 radical (unpaired) electrons. The summed E-state index contributed by atoms with van der Waals surface area (Å²) in [6, 6.07) is -0.490. The van der Waals surface area contributed by atoms with Gasteiger partial charge in [-0.25, -0.2) is 4.79 Å². The van der Waals surface area contributed by atoms with Crippen LogP contribution in [0.5, 0.6) is 0 Å². The zero-order valence-electron chi connectivity index (χ0n) is 9.55. The van der Waals surface area contributed by atoms with Crippen LogP contribution in [-0.4, -0.2) is 46.3 Å². The molecular weight excluding hydrogens is 214 g/mol. The van der Waals surface area contributed by atoms with Crippen LogP contribution in [0.25, 0.3) is 0 Å². The molecule has 3 amide bonds. The van der Waals surface area contributed by atoms with Gasteiger partial charge in [0.25, 0.3) is 5.91 Å². The lowest BCUT2D eigenvalue weighted by Crippen LogP contribution is -2.30. The van der Waals surface area contributed by atoms with Crippen molar-refractivity contribution in [3.05, 3.63) is 21.9 Å². The van der Waals surface area contributed by atoms with Crippen LogP contribution < -0.4 is 0 Å². The van der Waals surface area contributed by atoms with Gasteiger partial charge in [-0.3, -0.25) is 24.7 Å². The zero-order valence-corrected chi connectivity index (χ0v) is 9.55. The smallest absolute Gasteiger partial charge is 0.292 e. The van der Waals surface area contributed by atoms with E-state index >= 15 is 0 Å². The molecule has 16 heavy (non-hydrogen) atoms. The van der Waals surface area contributed by atoms with Gasteiger partial charge in [-0.2, -0.15) is 0 Å². The monoisotopic (exact) mass is 227 g/mol. The third-order valence-corrected chi connectivity index (χ3v) is 2.42. The van der Waals surface area contributed by atoms with Crippen LogP contribution in [0.4, 0.5) is 4.79 Å². The predicted octanol–water partition coefficient (Wildman–Crippen LogP) is 0.449. The fourth-order valence-corrected chi connectivity index (χ4v) is 1.28. The number of imide groups is 1. The van der Waals surface area contributed by atoms with Crippen LogP contribution in [-0.2, 0) is 4.79 Å². The number of rotatable bonds is 2. The van der Waals surface area contributed by atoms with Gasteiger partial charge in [0.2, 0.25) is 5.54 Å². The van der Waals surface area contributed by atoms with E-state index < -0.39 is 22.4 Å². The maximum atomic E-state index is 11.6. The molecular formula is C9H13N3O4. The van der Waals surface area contributed by atoms with E-state index in [4.69, 9.17) is 0 Å². The molecule has 7 heteroatoms. The Bertz CT molecular complexity index is 400. The molecule has 88 valence electrons. The highest BCUT2D eigenvalue weighted by molar-refractivity contribution is 6.11. The predicted molar refractivity (Wildman–Crippen MR) is 55.1 cm³/mol. The molecule has 0 unspecified atom stereocenters. The summed E-state index contributed by atoms with van der Waals surface area (Å²) >= 11 is 0. The second-order valence-corrected chi connectivity index (χ2v) is 4.15. The number of nitro groups is 1. The van der Waals surface area contributed by atoms with E-state index in [9.17, 15) is 19.7 Å². The summed E-state index contributed by atoms with van der Waals surface area (Å²) in [7, 11) is 2.74. The maximum Gasteiger partial charge on any atom is 0.331 e. The van der Waals surface area contributed by atoms with Gasteiger partial charge in [0.05, 0.1) is 0 Å². The minimum atomic E-state index is -1.38. The van der Waals surface area contributed by atoms with E-state index in [1.165, 1.54) is 34.0 Å². The molecule has 0 bridgehead atoms. The summed E-state index contributed by atoms with van der Waals surface area (Å²) in [6.45, 7) is 2.73. The topological polar surface area (TPSA) is 83.8 Å². The van der Waals surface area contributed by atoms with Crippen molar-refractivity contribution in [2.24, 2.45) is 0 Å². The average Bonchev–Trinajstić information content (AvgIpc) is 2.35. The number of carbonyl (C=O) groups is 2. The van der Waals surface area contributed by atoms with Crippen LogP contribution in [0.1, 0.15) is 13.8 Å². The standard InChI is InChI=1S/C9H13N3O4/c1-9(2,12(15)16)5-6-7(13)11(4)8(14)10(6)3/h5H,1-4H3/b6-5+. The van der Waals surface area contributed by atoms with Crippen molar-refractivity contribution in [2.45, 2.75) is 19.4 Å². The van der Waals surface area contributed by atoms with Gasteiger partial charge in [0.15, 0.2) is 0 Å². The summed E-state index contributed by atoms with van der Waals surface area (Å²) in [5.74, 6) is -0.526. The highest BCUT2D eigenvalue weighted by Crippen LogP contribution is 2.21. The second kappa shape index (κ2) is 3.58. The van der Waals surface area contributed by atoms with Gasteiger partial charge < -0.3 is 0 Å². The quantitative estimate of drug-likeness (QED) is 0.297. The molecule has 1 aliphatic heterocycles. The van der Waals surface area contributed by atoms with Crippen LogP contribution in [0, 0.1) is 10.1 Å². The number of amides is 3. The minimum Gasteiger partial charge on any atom is -0.292 e. The number of urea groups is 1. The third kappa shape index (κ3) is 1.75. The molecule has 0 aromatic carbocycles. The van der Waals surface area contributed by atoms with E-state index in [1.807, 2.05) is 0 Å². The molecule has 1 heterocycles. The Labute approximate surface area is 92.5 Å². The van der Waals surface area contributed by atoms with Gasteiger partial charge in [-0.05, 0) is 0 Å². The Morgan fingerprint density at radius 3 is 2.06 bits per heavy atom. The zero-order chi connectivity index (χ0) is 12.7. The van der Waals surface area contributed by atoms with E-state index in [0.717, 1.165) is 9.80 Å². The SMILES string of the molecule is CN1C(=O)/C(=C\C(C)(C)[N+](=O)[O-])N(C)C1=O. The first kappa shape index (κ1) is 12.2. The lowest BCUT2D eigenvalue weighted by Gasteiger charge is -2.13. The molecule has 0 aliphatic carbocycles. The van der Waals surface area contributed by atoms with Gasteiger partial charge in [0, 0.05) is 38.9 Å². The average molecular weight is 227 g/mol. The van der Waals surface area contributed by atoms with Crippen molar-refractivity contribution in [1.29, 1.82) is 0 Å². The first-order valence-corrected chi connectivity index (χ1v) is 4.61. The van der Waals surface area contributed by atoms with E-state index in [2.05, 4.69) is 0 Å². The minimum absolute atomic E-state index is 0.0363. The Hall–Kier alpha value is -1.92. The summed E-state index contributed by atoms with van der Waals surface area (Å²) in [4.78, 5) is 35.2. The van der Waals surface area contributed by atoms with E-state index in [-0.39, 0.29) is 5.70 Å². The fraction of sp³-hybridized carbons (Fsp3) is 0.556. The molecule has 1 fully saturated rings. The lowest BCUT2D eigenvalue weighted by atomic mass is 10.0. The normalized spacial score (nSPS) is 19.9. The van der Waals surface area contributed by atoms with Gasteiger partial charge >= 0.3 is 6.03 Å². The van der Waals surface area contributed by atoms with Crippen molar-refractivity contribution in [1.82, 2.24) is 9.80 Å². The lowest BCUT2D eigenvalue weighted by molar-refractivity contribution is -0.545. The highest BCUT2D eigenvalue weighted by atomic mass is 16.6.